The van der Waals surface area contributed by atoms with Crippen LogP contribution in [0.5, 0.6) is 0 Å². The molecule has 0 aliphatic heterocycles. The van der Waals surface area contributed by atoms with Crippen LogP contribution in [-0.4, -0.2) is 21.4 Å². The highest BCUT2D eigenvalue weighted by Gasteiger charge is 2.10. The van der Waals surface area contributed by atoms with Gasteiger partial charge in [-0.2, -0.15) is 0 Å². The van der Waals surface area contributed by atoms with Gasteiger partial charge in [-0.25, -0.2) is 9.18 Å². The van der Waals surface area contributed by atoms with E-state index in [1.807, 2.05) is 0 Å². The van der Waals surface area contributed by atoms with E-state index in [0.29, 0.717) is 11.3 Å². The van der Waals surface area contributed by atoms with Gasteiger partial charge in [-0.1, -0.05) is 0 Å². The summed E-state index contributed by atoms with van der Waals surface area (Å²) in [6, 6.07) is 11.2. The van der Waals surface area contributed by atoms with Crippen LogP contribution < -0.4 is 16.5 Å². The highest BCUT2D eigenvalue weighted by Crippen LogP contribution is 2.10. The van der Waals surface area contributed by atoms with E-state index in [0.717, 1.165) is 17.8 Å². The molecular weight excluding hydrogens is 339 g/mol. The maximum atomic E-state index is 12.8. The average molecular weight is 354 g/mol. The minimum absolute atomic E-state index is 0.212. The Morgan fingerprint density at radius 3 is 1.88 bits per heavy atom. The number of nitrogens with zero attached hydrogens (tertiary/aromatic N) is 1. The summed E-state index contributed by atoms with van der Waals surface area (Å²) in [6.45, 7) is 1.78. The van der Waals surface area contributed by atoms with Crippen molar-refractivity contribution < 1.29 is 14.0 Å². The molecule has 0 unspecified atom stereocenters. The van der Waals surface area contributed by atoms with Gasteiger partial charge in [0.05, 0.1) is 5.69 Å². The second kappa shape index (κ2) is 7.06. The van der Waals surface area contributed by atoms with Crippen molar-refractivity contribution in [3.63, 3.8) is 0 Å². The molecule has 0 radical (unpaired) electrons. The lowest BCUT2D eigenvalue weighted by Crippen LogP contribution is -2.41. The van der Waals surface area contributed by atoms with Crippen molar-refractivity contribution in [3.05, 3.63) is 87.9 Å². The normalized spacial score (nSPS) is 10.4. The molecule has 0 atom stereocenters. The fourth-order valence-electron chi connectivity index (χ4n) is 2.40. The quantitative estimate of drug-likeness (QED) is 0.625. The van der Waals surface area contributed by atoms with E-state index in [1.165, 1.54) is 28.8 Å². The number of aromatic amines is 1. The molecule has 8 heteroatoms. The molecule has 2 aromatic carbocycles. The molecular formula is C18H15FN4O3. The van der Waals surface area contributed by atoms with Gasteiger partial charge in [-0.15, -0.1) is 0 Å². The van der Waals surface area contributed by atoms with Crippen LogP contribution in [0, 0.1) is 12.7 Å². The van der Waals surface area contributed by atoms with E-state index in [9.17, 15) is 18.8 Å². The number of halogens is 1. The van der Waals surface area contributed by atoms with Gasteiger partial charge in [0, 0.05) is 23.0 Å². The van der Waals surface area contributed by atoms with Gasteiger partial charge in [0.15, 0.2) is 0 Å². The Hall–Kier alpha value is -3.68. The minimum atomic E-state index is -0.565. The molecule has 0 aliphatic carbocycles. The highest BCUT2D eigenvalue weighted by molar-refractivity contribution is 5.99. The van der Waals surface area contributed by atoms with Crippen LogP contribution >= 0.6 is 0 Å². The number of benzene rings is 2. The van der Waals surface area contributed by atoms with E-state index in [1.54, 1.807) is 25.3 Å². The SMILES string of the molecule is Cc1c[nH]c(=O)n1-c1ccc(C(=O)NNC(=O)c2ccc(F)cc2)cc1. The monoisotopic (exact) mass is 354 g/mol. The Morgan fingerprint density at radius 2 is 1.42 bits per heavy atom. The zero-order valence-electron chi connectivity index (χ0n) is 13.7. The number of aryl methyl sites for hydroxylation is 1. The van der Waals surface area contributed by atoms with Gasteiger partial charge in [-0.05, 0) is 55.5 Å². The van der Waals surface area contributed by atoms with Gasteiger partial charge >= 0.3 is 5.69 Å². The van der Waals surface area contributed by atoms with Crippen LogP contribution in [0.1, 0.15) is 26.4 Å². The summed E-state index contributed by atoms with van der Waals surface area (Å²) in [5.41, 5.74) is 6.13. The van der Waals surface area contributed by atoms with Crippen molar-refractivity contribution in [2.45, 2.75) is 6.92 Å². The number of amides is 2. The Bertz CT molecular complexity index is 1000. The smallest absolute Gasteiger partial charge is 0.312 e. The zero-order valence-corrected chi connectivity index (χ0v) is 13.7. The Balaban J connectivity index is 1.66. The first-order valence-corrected chi connectivity index (χ1v) is 7.69. The largest absolute Gasteiger partial charge is 0.330 e. The topological polar surface area (TPSA) is 96.0 Å². The van der Waals surface area contributed by atoms with E-state index in [-0.39, 0.29) is 11.3 Å². The molecule has 0 saturated carbocycles. The maximum absolute atomic E-state index is 12.8. The third-order valence-electron chi connectivity index (χ3n) is 3.74. The van der Waals surface area contributed by atoms with Crippen molar-refractivity contribution in [2.24, 2.45) is 0 Å². The van der Waals surface area contributed by atoms with Crippen LogP contribution in [0.15, 0.2) is 59.5 Å². The molecule has 132 valence electrons. The van der Waals surface area contributed by atoms with Crippen LogP contribution in [0.3, 0.4) is 0 Å². The lowest BCUT2D eigenvalue weighted by atomic mass is 10.2. The molecule has 3 N–H and O–H groups in total. The molecule has 2 amide bonds. The number of nitrogens with one attached hydrogen (secondary N) is 3. The van der Waals surface area contributed by atoms with Crippen molar-refractivity contribution in [3.8, 4) is 5.69 Å². The molecule has 3 aromatic rings. The third kappa shape index (κ3) is 3.54. The molecule has 26 heavy (non-hydrogen) atoms. The second-order valence-corrected chi connectivity index (χ2v) is 5.53. The predicted molar refractivity (Wildman–Crippen MR) is 92.5 cm³/mol. The third-order valence-corrected chi connectivity index (χ3v) is 3.74. The number of aromatic nitrogens is 2. The lowest BCUT2D eigenvalue weighted by molar-refractivity contribution is 0.0846. The number of imidazole rings is 1. The van der Waals surface area contributed by atoms with Crippen molar-refractivity contribution in [1.29, 1.82) is 0 Å². The van der Waals surface area contributed by atoms with E-state index in [4.69, 9.17) is 0 Å². The van der Waals surface area contributed by atoms with E-state index in [2.05, 4.69) is 15.8 Å². The van der Waals surface area contributed by atoms with Gasteiger partial charge in [0.1, 0.15) is 5.82 Å². The minimum Gasteiger partial charge on any atom is -0.312 e. The average Bonchev–Trinajstić information content (AvgIpc) is 2.98. The van der Waals surface area contributed by atoms with Crippen LogP contribution in [0.25, 0.3) is 5.69 Å². The first kappa shape index (κ1) is 17.2. The van der Waals surface area contributed by atoms with E-state index >= 15 is 0 Å². The summed E-state index contributed by atoms with van der Waals surface area (Å²) in [5.74, 6) is -1.54. The summed E-state index contributed by atoms with van der Waals surface area (Å²) < 4.78 is 14.3. The first-order valence-electron chi connectivity index (χ1n) is 7.69. The first-order chi connectivity index (χ1) is 12.5. The van der Waals surface area contributed by atoms with Gasteiger partial charge in [-0.3, -0.25) is 25.0 Å². The zero-order chi connectivity index (χ0) is 18.7. The lowest BCUT2D eigenvalue weighted by Gasteiger charge is -2.09. The molecule has 0 saturated heterocycles. The number of H-pyrrole nitrogens is 1. The van der Waals surface area contributed by atoms with E-state index < -0.39 is 17.6 Å². The summed E-state index contributed by atoms with van der Waals surface area (Å²) in [7, 11) is 0. The number of carbonyl (C=O) groups excluding carboxylic acids is 2. The molecule has 0 bridgehead atoms. The standard InChI is InChI=1S/C18H15FN4O3/c1-11-10-20-18(26)23(11)15-8-4-13(5-9-15)17(25)22-21-16(24)12-2-6-14(19)7-3-12/h2-10H,1H3,(H,20,26)(H,21,24)(H,22,25). The maximum Gasteiger partial charge on any atom is 0.330 e. The fourth-order valence-corrected chi connectivity index (χ4v) is 2.40. The van der Waals surface area contributed by atoms with Crippen molar-refractivity contribution in [2.75, 3.05) is 0 Å². The van der Waals surface area contributed by atoms with Crippen molar-refractivity contribution in [1.82, 2.24) is 20.4 Å². The summed E-state index contributed by atoms with van der Waals surface area (Å²) in [5, 5.41) is 0. The summed E-state index contributed by atoms with van der Waals surface area (Å²) in [4.78, 5) is 38.3. The summed E-state index contributed by atoms with van der Waals surface area (Å²) in [6.07, 6.45) is 1.59. The number of hydrazine groups is 1. The number of rotatable bonds is 3. The molecule has 3 rings (SSSR count). The number of hydrogen-bond donors (Lipinski definition) is 3. The van der Waals surface area contributed by atoms with Crippen LogP contribution in [0.4, 0.5) is 4.39 Å². The number of hydrogen-bond acceptors (Lipinski definition) is 3. The van der Waals surface area contributed by atoms with Gasteiger partial charge < -0.3 is 4.98 Å². The summed E-state index contributed by atoms with van der Waals surface area (Å²) >= 11 is 0. The molecule has 7 nitrogen and oxygen atoms in total. The Kier molecular flexibility index (Phi) is 4.66. The molecule has 1 aromatic heterocycles. The molecule has 1 heterocycles. The Morgan fingerprint density at radius 1 is 0.923 bits per heavy atom. The fraction of sp³-hybridized carbons (Fsp3) is 0.0556. The molecule has 0 spiro atoms. The second-order valence-electron chi connectivity index (χ2n) is 5.53. The van der Waals surface area contributed by atoms with Crippen molar-refractivity contribution >= 4 is 11.8 Å². The van der Waals surface area contributed by atoms with Gasteiger partial charge in [0.2, 0.25) is 0 Å². The molecule has 0 aliphatic rings. The highest BCUT2D eigenvalue weighted by atomic mass is 19.1. The van der Waals surface area contributed by atoms with Crippen LogP contribution in [0.2, 0.25) is 0 Å². The van der Waals surface area contributed by atoms with Gasteiger partial charge in [0.25, 0.3) is 11.8 Å². The Labute approximate surface area is 147 Å². The predicted octanol–water partition coefficient (Wildman–Crippen LogP) is 1.69. The number of carbonyl (C=O) groups is 2. The molecule has 0 fully saturated rings. The van der Waals surface area contributed by atoms with Crippen LogP contribution in [-0.2, 0) is 0 Å².